The molecule has 18 heavy (non-hydrogen) atoms. The number of benzene rings is 1. The van der Waals surface area contributed by atoms with E-state index in [0.29, 0.717) is 0 Å². The highest BCUT2D eigenvalue weighted by atomic mass is 16.5. The number of rotatable bonds is 7. The maximum atomic E-state index is 10.8. The molecule has 2 unspecified atom stereocenters. The zero-order chi connectivity index (χ0) is 13.5. The van der Waals surface area contributed by atoms with Gasteiger partial charge in [0.05, 0.1) is 12.0 Å². The number of carboxylic acids is 1. The summed E-state index contributed by atoms with van der Waals surface area (Å²) in [4.78, 5) is 10.8. The Balaban J connectivity index is 2.48. The second-order valence-electron chi connectivity index (χ2n) is 4.48. The highest BCUT2D eigenvalue weighted by Crippen LogP contribution is 2.15. The third kappa shape index (κ3) is 4.47. The van der Waals surface area contributed by atoms with Crippen LogP contribution in [0, 0.1) is 0 Å². The SMILES string of the molecule is COC(C)CNCc1ccc(C(C)C(=O)O)cc1. The molecule has 1 rings (SSSR count). The molecule has 100 valence electrons. The summed E-state index contributed by atoms with van der Waals surface area (Å²) in [6.45, 7) is 5.25. The Morgan fingerprint density at radius 2 is 1.94 bits per heavy atom. The van der Waals surface area contributed by atoms with Crippen molar-refractivity contribution in [3.8, 4) is 0 Å². The minimum atomic E-state index is -0.796. The van der Waals surface area contributed by atoms with Crippen LogP contribution in [0.5, 0.6) is 0 Å². The van der Waals surface area contributed by atoms with E-state index in [1.54, 1.807) is 14.0 Å². The average Bonchev–Trinajstić information content (AvgIpc) is 2.38. The van der Waals surface area contributed by atoms with E-state index in [1.165, 1.54) is 0 Å². The van der Waals surface area contributed by atoms with E-state index in [1.807, 2.05) is 31.2 Å². The normalized spacial score (nSPS) is 14.2. The van der Waals surface area contributed by atoms with Gasteiger partial charge in [0.25, 0.3) is 0 Å². The van der Waals surface area contributed by atoms with Crippen LogP contribution in [0.15, 0.2) is 24.3 Å². The summed E-state index contributed by atoms with van der Waals surface area (Å²) < 4.78 is 5.14. The number of ether oxygens (including phenoxy) is 1. The highest BCUT2D eigenvalue weighted by molar-refractivity contribution is 5.75. The number of carbonyl (C=O) groups is 1. The topological polar surface area (TPSA) is 58.6 Å². The fraction of sp³-hybridized carbons (Fsp3) is 0.500. The van der Waals surface area contributed by atoms with Crippen molar-refractivity contribution in [2.24, 2.45) is 0 Å². The largest absolute Gasteiger partial charge is 0.481 e. The molecule has 4 heteroatoms. The Hall–Kier alpha value is -1.39. The number of aliphatic carboxylic acids is 1. The van der Waals surface area contributed by atoms with Gasteiger partial charge in [-0.15, -0.1) is 0 Å². The van der Waals surface area contributed by atoms with Crippen molar-refractivity contribution in [3.63, 3.8) is 0 Å². The van der Waals surface area contributed by atoms with Crippen LogP contribution >= 0.6 is 0 Å². The first kappa shape index (κ1) is 14.7. The molecular weight excluding hydrogens is 230 g/mol. The predicted molar refractivity (Wildman–Crippen MR) is 70.7 cm³/mol. The molecule has 4 nitrogen and oxygen atoms in total. The van der Waals surface area contributed by atoms with E-state index in [4.69, 9.17) is 9.84 Å². The van der Waals surface area contributed by atoms with Crippen LogP contribution in [0.2, 0.25) is 0 Å². The van der Waals surface area contributed by atoms with E-state index in [2.05, 4.69) is 5.32 Å². The Morgan fingerprint density at radius 3 is 2.44 bits per heavy atom. The van der Waals surface area contributed by atoms with Crippen molar-refractivity contribution < 1.29 is 14.6 Å². The number of nitrogens with one attached hydrogen (secondary N) is 1. The molecule has 0 spiro atoms. The molecule has 0 aliphatic carbocycles. The van der Waals surface area contributed by atoms with Crippen molar-refractivity contribution in [1.29, 1.82) is 0 Å². The summed E-state index contributed by atoms with van der Waals surface area (Å²) in [7, 11) is 1.69. The fourth-order valence-electron chi connectivity index (χ4n) is 1.57. The standard InChI is InChI=1S/C14H21NO3/c1-10(18-3)8-15-9-12-4-6-13(7-5-12)11(2)14(16)17/h4-7,10-11,15H,8-9H2,1-3H3,(H,16,17). The van der Waals surface area contributed by atoms with Gasteiger partial charge in [0, 0.05) is 20.2 Å². The molecule has 0 bridgehead atoms. The molecule has 0 radical (unpaired) electrons. The Morgan fingerprint density at radius 1 is 1.33 bits per heavy atom. The number of methoxy groups -OCH3 is 1. The first-order valence-corrected chi connectivity index (χ1v) is 6.09. The third-order valence-electron chi connectivity index (χ3n) is 3.01. The van der Waals surface area contributed by atoms with Gasteiger partial charge in [0.15, 0.2) is 0 Å². The summed E-state index contributed by atoms with van der Waals surface area (Å²) >= 11 is 0. The summed E-state index contributed by atoms with van der Waals surface area (Å²) in [6.07, 6.45) is 0.191. The lowest BCUT2D eigenvalue weighted by atomic mass is 10.00. The van der Waals surface area contributed by atoms with Crippen molar-refractivity contribution in [2.75, 3.05) is 13.7 Å². The molecule has 2 atom stereocenters. The smallest absolute Gasteiger partial charge is 0.310 e. The van der Waals surface area contributed by atoms with Crippen LogP contribution in [0.1, 0.15) is 30.9 Å². The van der Waals surface area contributed by atoms with Gasteiger partial charge in [-0.1, -0.05) is 24.3 Å². The van der Waals surface area contributed by atoms with E-state index >= 15 is 0 Å². The molecular formula is C14H21NO3. The molecule has 0 saturated heterocycles. The zero-order valence-electron chi connectivity index (χ0n) is 11.1. The lowest BCUT2D eigenvalue weighted by molar-refractivity contribution is -0.138. The maximum Gasteiger partial charge on any atom is 0.310 e. The van der Waals surface area contributed by atoms with Gasteiger partial charge in [-0.2, -0.15) is 0 Å². The van der Waals surface area contributed by atoms with Gasteiger partial charge in [0.2, 0.25) is 0 Å². The van der Waals surface area contributed by atoms with Crippen LogP contribution in [-0.2, 0) is 16.1 Å². The van der Waals surface area contributed by atoms with E-state index in [-0.39, 0.29) is 6.10 Å². The van der Waals surface area contributed by atoms with Gasteiger partial charge < -0.3 is 15.2 Å². The van der Waals surface area contributed by atoms with Crippen molar-refractivity contribution in [3.05, 3.63) is 35.4 Å². The van der Waals surface area contributed by atoms with Gasteiger partial charge in [-0.3, -0.25) is 4.79 Å². The number of carboxylic acid groups (broad SMARTS) is 1. The molecule has 0 fully saturated rings. The summed E-state index contributed by atoms with van der Waals surface area (Å²) in [5.74, 6) is -1.25. The Labute approximate surface area is 108 Å². The van der Waals surface area contributed by atoms with Crippen LogP contribution in [0.25, 0.3) is 0 Å². The van der Waals surface area contributed by atoms with E-state index < -0.39 is 11.9 Å². The van der Waals surface area contributed by atoms with E-state index in [0.717, 1.165) is 24.2 Å². The zero-order valence-corrected chi connectivity index (χ0v) is 11.1. The number of hydrogen-bond acceptors (Lipinski definition) is 3. The van der Waals surface area contributed by atoms with Gasteiger partial charge in [0.1, 0.15) is 0 Å². The third-order valence-corrected chi connectivity index (χ3v) is 3.01. The molecule has 0 aromatic heterocycles. The molecule has 1 aromatic carbocycles. The minimum Gasteiger partial charge on any atom is -0.481 e. The van der Waals surface area contributed by atoms with Gasteiger partial charge in [-0.25, -0.2) is 0 Å². The molecule has 0 aliphatic rings. The summed E-state index contributed by atoms with van der Waals surface area (Å²) in [5.41, 5.74) is 1.97. The van der Waals surface area contributed by atoms with Crippen LogP contribution in [-0.4, -0.2) is 30.8 Å². The number of hydrogen-bond donors (Lipinski definition) is 2. The molecule has 0 amide bonds. The lowest BCUT2D eigenvalue weighted by Crippen LogP contribution is -2.25. The Bertz CT molecular complexity index is 375. The van der Waals surface area contributed by atoms with Gasteiger partial charge in [-0.05, 0) is 25.0 Å². The van der Waals surface area contributed by atoms with Crippen molar-refractivity contribution >= 4 is 5.97 Å². The second-order valence-corrected chi connectivity index (χ2v) is 4.48. The second kappa shape index (κ2) is 7.13. The molecule has 0 saturated carbocycles. The van der Waals surface area contributed by atoms with Crippen LogP contribution in [0.3, 0.4) is 0 Å². The van der Waals surface area contributed by atoms with Crippen molar-refractivity contribution in [2.45, 2.75) is 32.4 Å². The molecule has 0 aliphatic heterocycles. The fourth-order valence-corrected chi connectivity index (χ4v) is 1.57. The average molecular weight is 251 g/mol. The quantitative estimate of drug-likeness (QED) is 0.778. The molecule has 1 aromatic rings. The first-order chi connectivity index (χ1) is 8.54. The molecule has 2 N–H and O–H groups in total. The van der Waals surface area contributed by atoms with Gasteiger partial charge >= 0.3 is 5.97 Å². The predicted octanol–water partition coefficient (Wildman–Crippen LogP) is 2.00. The molecule has 0 heterocycles. The summed E-state index contributed by atoms with van der Waals surface area (Å²) in [5, 5.41) is 12.2. The monoisotopic (exact) mass is 251 g/mol. The maximum absolute atomic E-state index is 10.8. The summed E-state index contributed by atoms with van der Waals surface area (Å²) in [6, 6.07) is 7.66. The highest BCUT2D eigenvalue weighted by Gasteiger charge is 2.12. The van der Waals surface area contributed by atoms with E-state index in [9.17, 15) is 4.79 Å². The first-order valence-electron chi connectivity index (χ1n) is 6.09. The Kier molecular flexibility index (Phi) is 5.82. The van der Waals surface area contributed by atoms with Crippen molar-refractivity contribution in [1.82, 2.24) is 5.32 Å². The lowest BCUT2D eigenvalue weighted by Gasteiger charge is -2.11. The minimum absolute atomic E-state index is 0.191. The van der Waals surface area contributed by atoms with Crippen LogP contribution in [0.4, 0.5) is 0 Å². The van der Waals surface area contributed by atoms with Crippen LogP contribution < -0.4 is 5.32 Å².